The van der Waals surface area contributed by atoms with Crippen molar-refractivity contribution >= 4 is 17.7 Å². The maximum absolute atomic E-state index is 6.14. The fraction of sp³-hybridized carbons (Fsp3) is 0.211. The Morgan fingerprint density at radius 2 is 1.82 bits per heavy atom. The van der Waals surface area contributed by atoms with Crippen LogP contribution in [0, 0.1) is 6.92 Å². The van der Waals surface area contributed by atoms with E-state index >= 15 is 0 Å². The highest BCUT2D eigenvalue weighted by molar-refractivity contribution is 8.03. The lowest BCUT2D eigenvalue weighted by atomic mass is 10.2. The number of thioether (sulfide) groups is 1. The molecule has 2 aliphatic rings. The average molecular weight is 307 g/mol. The standard InChI is InChI=1S/C19H17NOS/c1-13-7-9-15(10-8-13)22-17-12-11-16-18(17)21-19(20-16)14-5-3-2-4-6-14/h2-10,12,16,18H,11H2,1H3/t16-,18-/m0/s1. The third-order valence-corrected chi connectivity index (χ3v) is 5.13. The van der Waals surface area contributed by atoms with Crippen molar-refractivity contribution in [2.24, 2.45) is 4.99 Å². The molecule has 0 spiro atoms. The first kappa shape index (κ1) is 13.6. The highest BCUT2D eigenvalue weighted by Crippen LogP contribution is 2.40. The second-order valence-electron chi connectivity index (χ2n) is 5.66. The van der Waals surface area contributed by atoms with Crippen LogP contribution in [0.5, 0.6) is 0 Å². The summed E-state index contributed by atoms with van der Waals surface area (Å²) in [4.78, 5) is 7.29. The van der Waals surface area contributed by atoms with Gasteiger partial charge in [0.1, 0.15) is 0 Å². The Balaban J connectivity index is 1.49. The van der Waals surface area contributed by atoms with Gasteiger partial charge in [-0.1, -0.05) is 53.7 Å². The van der Waals surface area contributed by atoms with E-state index in [4.69, 9.17) is 9.73 Å². The van der Waals surface area contributed by atoms with Gasteiger partial charge >= 0.3 is 0 Å². The quantitative estimate of drug-likeness (QED) is 0.827. The summed E-state index contributed by atoms with van der Waals surface area (Å²) in [6.45, 7) is 2.11. The molecule has 1 aliphatic carbocycles. The molecule has 0 N–H and O–H groups in total. The smallest absolute Gasteiger partial charge is 0.217 e. The summed E-state index contributed by atoms with van der Waals surface area (Å²) in [5, 5.41) is 0. The fourth-order valence-corrected chi connectivity index (χ4v) is 3.84. The normalized spacial score (nSPS) is 22.8. The van der Waals surface area contributed by atoms with E-state index < -0.39 is 0 Å². The van der Waals surface area contributed by atoms with E-state index in [2.05, 4.69) is 49.4 Å². The summed E-state index contributed by atoms with van der Waals surface area (Å²) in [6.07, 6.45) is 3.32. The van der Waals surface area contributed by atoms with E-state index in [0.717, 1.165) is 17.9 Å². The Labute approximate surface area is 134 Å². The van der Waals surface area contributed by atoms with Crippen LogP contribution in [-0.4, -0.2) is 18.0 Å². The minimum atomic E-state index is 0.0847. The van der Waals surface area contributed by atoms with Crippen LogP contribution >= 0.6 is 11.8 Å². The SMILES string of the molecule is Cc1ccc(SC2=CC[C@@H]3N=C(c4ccccc4)O[C@H]23)cc1. The third kappa shape index (κ3) is 2.57. The van der Waals surface area contributed by atoms with Crippen LogP contribution in [0.2, 0.25) is 0 Å². The Hall–Kier alpha value is -2.00. The van der Waals surface area contributed by atoms with Gasteiger partial charge in [0.15, 0.2) is 6.10 Å². The zero-order chi connectivity index (χ0) is 14.9. The number of ether oxygens (including phenoxy) is 1. The number of rotatable bonds is 3. The van der Waals surface area contributed by atoms with Crippen LogP contribution in [0.3, 0.4) is 0 Å². The molecule has 1 aliphatic heterocycles. The highest BCUT2D eigenvalue weighted by atomic mass is 32.2. The Bertz CT molecular complexity index is 734. The molecule has 2 aromatic carbocycles. The minimum absolute atomic E-state index is 0.0847. The van der Waals surface area contributed by atoms with Crippen LogP contribution in [0.15, 0.2) is 75.5 Å². The number of nitrogens with zero attached hydrogens (tertiary/aromatic N) is 1. The molecule has 2 aromatic rings. The molecule has 0 fully saturated rings. The topological polar surface area (TPSA) is 21.6 Å². The number of aliphatic imine (C=N–C) groups is 1. The third-order valence-electron chi connectivity index (χ3n) is 3.99. The number of benzene rings is 2. The van der Waals surface area contributed by atoms with E-state index in [9.17, 15) is 0 Å². The molecule has 0 amide bonds. The van der Waals surface area contributed by atoms with Gasteiger partial charge in [-0.05, 0) is 37.6 Å². The van der Waals surface area contributed by atoms with Crippen LogP contribution in [0.4, 0.5) is 0 Å². The Morgan fingerprint density at radius 3 is 2.59 bits per heavy atom. The summed E-state index contributed by atoms with van der Waals surface area (Å²) >= 11 is 1.80. The molecule has 0 unspecified atom stereocenters. The summed E-state index contributed by atoms with van der Waals surface area (Å²) in [6, 6.07) is 19.0. The first-order valence-electron chi connectivity index (χ1n) is 7.54. The first-order chi connectivity index (χ1) is 10.8. The van der Waals surface area contributed by atoms with Crippen LogP contribution in [0.25, 0.3) is 0 Å². The van der Waals surface area contributed by atoms with Crippen LogP contribution in [-0.2, 0) is 4.74 Å². The van der Waals surface area contributed by atoms with Gasteiger partial charge in [-0.2, -0.15) is 0 Å². The number of fused-ring (bicyclic) bond motifs is 1. The summed E-state index contributed by atoms with van der Waals surface area (Å²) < 4.78 is 6.14. The van der Waals surface area contributed by atoms with Gasteiger partial charge in [-0.3, -0.25) is 0 Å². The molecule has 3 heteroatoms. The molecule has 0 saturated heterocycles. The second kappa shape index (κ2) is 5.65. The average Bonchev–Trinajstić information content (AvgIpc) is 3.12. The zero-order valence-corrected chi connectivity index (χ0v) is 13.2. The molecule has 0 saturated carbocycles. The van der Waals surface area contributed by atoms with Crippen LogP contribution < -0.4 is 0 Å². The molecule has 1 heterocycles. The van der Waals surface area contributed by atoms with Crippen molar-refractivity contribution in [1.29, 1.82) is 0 Å². The molecule has 0 radical (unpaired) electrons. The van der Waals surface area contributed by atoms with Gasteiger partial charge in [-0.25, -0.2) is 4.99 Å². The van der Waals surface area contributed by atoms with Crippen molar-refractivity contribution < 1.29 is 4.74 Å². The predicted octanol–water partition coefficient (Wildman–Crippen LogP) is 4.59. The number of hydrogen-bond acceptors (Lipinski definition) is 3. The summed E-state index contributed by atoms with van der Waals surface area (Å²) in [7, 11) is 0. The molecule has 22 heavy (non-hydrogen) atoms. The lowest BCUT2D eigenvalue weighted by Crippen LogP contribution is -2.18. The zero-order valence-electron chi connectivity index (χ0n) is 12.4. The minimum Gasteiger partial charge on any atom is -0.466 e. The first-order valence-corrected chi connectivity index (χ1v) is 8.36. The van der Waals surface area contributed by atoms with E-state index in [-0.39, 0.29) is 12.1 Å². The van der Waals surface area contributed by atoms with Crippen molar-refractivity contribution in [2.75, 3.05) is 0 Å². The molecule has 4 rings (SSSR count). The molecular formula is C19H17NOS. The molecule has 0 aromatic heterocycles. The lowest BCUT2D eigenvalue weighted by Gasteiger charge is -2.14. The predicted molar refractivity (Wildman–Crippen MR) is 91.4 cm³/mol. The fourth-order valence-electron chi connectivity index (χ4n) is 2.79. The largest absolute Gasteiger partial charge is 0.466 e. The van der Waals surface area contributed by atoms with Crippen molar-refractivity contribution in [3.63, 3.8) is 0 Å². The lowest BCUT2D eigenvalue weighted by molar-refractivity contribution is 0.248. The van der Waals surface area contributed by atoms with Gasteiger partial charge in [0, 0.05) is 15.4 Å². The van der Waals surface area contributed by atoms with E-state index in [1.165, 1.54) is 15.4 Å². The monoisotopic (exact) mass is 307 g/mol. The molecule has 110 valence electrons. The summed E-state index contributed by atoms with van der Waals surface area (Å²) in [5.41, 5.74) is 2.35. The van der Waals surface area contributed by atoms with E-state index in [1.54, 1.807) is 11.8 Å². The van der Waals surface area contributed by atoms with Crippen molar-refractivity contribution in [3.8, 4) is 0 Å². The maximum Gasteiger partial charge on any atom is 0.217 e. The van der Waals surface area contributed by atoms with E-state index in [0.29, 0.717) is 0 Å². The van der Waals surface area contributed by atoms with Crippen molar-refractivity contribution in [3.05, 3.63) is 76.7 Å². The molecule has 2 atom stereocenters. The molecule has 0 bridgehead atoms. The second-order valence-corrected chi connectivity index (χ2v) is 6.81. The van der Waals surface area contributed by atoms with Gasteiger partial charge in [0.2, 0.25) is 5.90 Å². The maximum atomic E-state index is 6.14. The van der Waals surface area contributed by atoms with Crippen molar-refractivity contribution in [1.82, 2.24) is 0 Å². The van der Waals surface area contributed by atoms with Crippen LogP contribution in [0.1, 0.15) is 17.5 Å². The Kier molecular flexibility index (Phi) is 3.51. The van der Waals surface area contributed by atoms with Gasteiger partial charge in [0.05, 0.1) is 6.04 Å². The molecule has 2 nitrogen and oxygen atoms in total. The van der Waals surface area contributed by atoms with E-state index in [1.807, 2.05) is 18.2 Å². The van der Waals surface area contributed by atoms with Gasteiger partial charge < -0.3 is 4.74 Å². The van der Waals surface area contributed by atoms with Gasteiger partial charge in [0.25, 0.3) is 0 Å². The highest BCUT2D eigenvalue weighted by Gasteiger charge is 2.38. The molecular weight excluding hydrogens is 290 g/mol. The van der Waals surface area contributed by atoms with Crippen molar-refractivity contribution in [2.45, 2.75) is 30.4 Å². The number of aryl methyl sites for hydroxylation is 1. The Morgan fingerprint density at radius 1 is 1.05 bits per heavy atom. The van der Waals surface area contributed by atoms with Gasteiger partial charge in [-0.15, -0.1) is 0 Å². The summed E-state index contributed by atoms with van der Waals surface area (Å²) in [5.74, 6) is 0.783. The number of hydrogen-bond donors (Lipinski definition) is 0.